The number of H-pyrrole nitrogens is 1. The molecule has 0 radical (unpaired) electrons. The Bertz CT molecular complexity index is 972. The molecule has 0 spiro atoms. The number of primary amides is 1. The van der Waals surface area contributed by atoms with E-state index in [9.17, 15) is 9.59 Å². The van der Waals surface area contributed by atoms with Crippen LogP contribution in [0, 0.1) is 3.57 Å². The van der Waals surface area contributed by atoms with Crippen molar-refractivity contribution in [2.24, 2.45) is 5.73 Å². The molecule has 0 bridgehead atoms. The highest BCUT2D eigenvalue weighted by molar-refractivity contribution is 14.1. The lowest BCUT2D eigenvalue weighted by molar-refractivity contribution is 0.0728. The summed E-state index contributed by atoms with van der Waals surface area (Å²) in [5, 5.41) is 10.1. The Balaban J connectivity index is 1.99. The number of hydrogen-bond donors (Lipinski definition) is 2. The number of amides is 1. The molecule has 26 heavy (non-hydrogen) atoms. The SMILES string of the molecule is COc1cc(-c2n[nH]nc2C(N)=O)cc(I)c1OC(=O)c1ccccc1. The van der Waals surface area contributed by atoms with Gasteiger partial charge in [-0.05, 0) is 46.9 Å². The zero-order chi connectivity index (χ0) is 18.7. The summed E-state index contributed by atoms with van der Waals surface area (Å²) in [5.74, 6) is -0.624. The summed E-state index contributed by atoms with van der Waals surface area (Å²) < 4.78 is 11.4. The molecule has 0 fully saturated rings. The summed E-state index contributed by atoms with van der Waals surface area (Å²) in [4.78, 5) is 23.8. The second kappa shape index (κ2) is 7.52. The molecule has 0 saturated carbocycles. The first-order valence-electron chi connectivity index (χ1n) is 7.37. The van der Waals surface area contributed by atoms with Crippen molar-refractivity contribution in [3.05, 3.63) is 57.3 Å². The van der Waals surface area contributed by atoms with Crippen LogP contribution in [0.1, 0.15) is 20.8 Å². The number of carbonyl (C=O) groups is 2. The van der Waals surface area contributed by atoms with E-state index < -0.39 is 11.9 Å². The van der Waals surface area contributed by atoms with Crippen LogP contribution in [0.5, 0.6) is 11.5 Å². The lowest BCUT2D eigenvalue weighted by atomic mass is 10.1. The van der Waals surface area contributed by atoms with Gasteiger partial charge in [0.2, 0.25) is 0 Å². The number of esters is 1. The van der Waals surface area contributed by atoms with Crippen molar-refractivity contribution in [1.29, 1.82) is 0 Å². The average Bonchev–Trinajstić information content (AvgIpc) is 3.14. The predicted octanol–water partition coefficient (Wildman–Crippen LogP) is 2.40. The monoisotopic (exact) mass is 464 g/mol. The number of aromatic amines is 1. The van der Waals surface area contributed by atoms with E-state index in [1.165, 1.54) is 7.11 Å². The molecule has 132 valence electrons. The molecule has 1 amide bonds. The maximum absolute atomic E-state index is 12.3. The van der Waals surface area contributed by atoms with Gasteiger partial charge in [0.1, 0.15) is 5.69 Å². The van der Waals surface area contributed by atoms with Crippen LogP contribution >= 0.6 is 22.6 Å². The minimum absolute atomic E-state index is 0.0110. The number of nitrogens with two attached hydrogens (primary N) is 1. The quantitative estimate of drug-likeness (QED) is 0.340. The fourth-order valence-electron chi connectivity index (χ4n) is 2.29. The summed E-state index contributed by atoms with van der Waals surface area (Å²) in [5.41, 5.74) is 6.57. The number of hydrogen-bond acceptors (Lipinski definition) is 6. The van der Waals surface area contributed by atoms with Crippen LogP contribution in [0.15, 0.2) is 42.5 Å². The maximum Gasteiger partial charge on any atom is 0.343 e. The standard InChI is InChI=1S/C17H13IN4O4/c1-25-12-8-10(13-14(16(19)23)21-22-20-13)7-11(18)15(12)26-17(24)9-5-3-2-4-6-9/h2-8H,1H3,(H2,19,23)(H,20,21,22). The summed E-state index contributed by atoms with van der Waals surface area (Å²) in [6.45, 7) is 0. The van der Waals surface area contributed by atoms with Crippen molar-refractivity contribution in [2.45, 2.75) is 0 Å². The summed E-state index contributed by atoms with van der Waals surface area (Å²) in [6.07, 6.45) is 0. The number of rotatable bonds is 5. The van der Waals surface area contributed by atoms with Gasteiger partial charge in [0.15, 0.2) is 17.2 Å². The lowest BCUT2D eigenvalue weighted by Crippen LogP contribution is -2.13. The number of methoxy groups -OCH3 is 1. The molecular formula is C17H13IN4O4. The van der Waals surface area contributed by atoms with Crippen LogP contribution in [0.3, 0.4) is 0 Å². The molecule has 0 saturated heterocycles. The number of nitrogens with one attached hydrogen (secondary N) is 1. The predicted molar refractivity (Wildman–Crippen MR) is 101 cm³/mol. The fourth-order valence-corrected chi connectivity index (χ4v) is 3.00. The Morgan fingerprint density at radius 1 is 1.15 bits per heavy atom. The van der Waals surface area contributed by atoms with Crippen LogP contribution in [0.25, 0.3) is 11.3 Å². The van der Waals surface area contributed by atoms with Crippen LogP contribution < -0.4 is 15.2 Å². The van der Waals surface area contributed by atoms with E-state index in [0.717, 1.165) is 0 Å². The van der Waals surface area contributed by atoms with Crippen LogP contribution in [0.4, 0.5) is 0 Å². The van der Waals surface area contributed by atoms with E-state index in [2.05, 4.69) is 15.4 Å². The first-order valence-corrected chi connectivity index (χ1v) is 8.45. The highest BCUT2D eigenvalue weighted by Crippen LogP contribution is 2.37. The Morgan fingerprint density at radius 2 is 1.88 bits per heavy atom. The zero-order valence-corrected chi connectivity index (χ0v) is 15.7. The van der Waals surface area contributed by atoms with Gasteiger partial charge >= 0.3 is 5.97 Å². The second-order valence-corrected chi connectivity index (χ2v) is 6.29. The molecule has 3 N–H and O–H groups in total. The fraction of sp³-hybridized carbons (Fsp3) is 0.0588. The van der Waals surface area contributed by atoms with Crippen LogP contribution in [-0.4, -0.2) is 34.4 Å². The molecule has 0 aliphatic carbocycles. The Kier molecular flexibility index (Phi) is 5.16. The van der Waals surface area contributed by atoms with Crippen LogP contribution in [0.2, 0.25) is 0 Å². The highest BCUT2D eigenvalue weighted by atomic mass is 127. The van der Waals surface area contributed by atoms with E-state index in [0.29, 0.717) is 20.4 Å². The molecule has 2 aromatic carbocycles. The van der Waals surface area contributed by atoms with Gasteiger partial charge in [0.05, 0.1) is 16.2 Å². The molecule has 0 atom stereocenters. The molecular weight excluding hydrogens is 451 g/mol. The highest BCUT2D eigenvalue weighted by Gasteiger charge is 2.21. The molecule has 0 aliphatic heterocycles. The molecule has 3 rings (SSSR count). The number of halogens is 1. The van der Waals surface area contributed by atoms with E-state index in [1.54, 1.807) is 36.4 Å². The van der Waals surface area contributed by atoms with Gasteiger partial charge in [-0.2, -0.15) is 15.4 Å². The minimum atomic E-state index is -0.706. The summed E-state index contributed by atoms with van der Waals surface area (Å²) >= 11 is 2.01. The van der Waals surface area contributed by atoms with E-state index in [-0.39, 0.29) is 17.1 Å². The van der Waals surface area contributed by atoms with E-state index >= 15 is 0 Å². The molecule has 1 aromatic heterocycles. The Morgan fingerprint density at radius 3 is 2.54 bits per heavy atom. The van der Waals surface area contributed by atoms with Gasteiger partial charge in [-0.15, -0.1) is 0 Å². The largest absolute Gasteiger partial charge is 0.493 e. The molecule has 1 heterocycles. The first kappa shape index (κ1) is 17.9. The molecule has 0 aliphatic rings. The molecule has 0 unspecified atom stereocenters. The van der Waals surface area contributed by atoms with Crippen molar-refractivity contribution in [2.75, 3.05) is 7.11 Å². The zero-order valence-electron chi connectivity index (χ0n) is 13.5. The number of carbonyl (C=O) groups excluding carboxylic acids is 2. The Labute approximate surface area is 161 Å². The number of ether oxygens (including phenoxy) is 2. The maximum atomic E-state index is 12.3. The third-order valence-electron chi connectivity index (χ3n) is 3.49. The van der Waals surface area contributed by atoms with Crippen molar-refractivity contribution < 1.29 is 19.1 Å². The lowest BCUT2D eigenvalue weighted by Gasteiger charge is -2.13. The summed E-state index contributed by atoms with van der Waals surface area (Å²) in [6, 6.07) is 11.9. The van der Waals surface area contributed by atoms with Crippen LogP contribution in [-0.2, 0) is 0 Å². The van der Waals surface area contributed by atoms with Gasteiger partial charge in [-0.1, -0.05) is 18.2 Å². The average molecular weight is 464 g/mol. The van der Waals surface area contributed by atoms with Gasteiger partial charge in [-0.3, -0.25) is 4.79 Å². The van der Waals surface area contributed by atoms with E-state index in [4.69, 9.17) is 15.2 Å². The third-order valence-corrected chi connectivity index (χ3v) is 4.29. The number of aromatic nitrogens is 3. The summed E-state index contributed by atoms with van der Waals surface area (Å²) in [7, 11) is 1.45. The molecule has 3 aromatic rings. The van der Waals surface area contributed by atoms with Gasteiger partial charge in [-0.25, -0.2) is 4.79 Å². The van der Waals surface area contributed by atoms with Crippen molar-refractivity contribution in [1.82, 2.24) is 15.4 Å². The number of nitrogens with zero attached hydrogens (tertiary/aromatic N) is 2. The second-order valence-electron chi connectivity index (χ2n) is 5.13. The third kappa shape index (κ3) is 3.52. The van der Waals surface area contributed by atoms with Crippen molar-refractivity contribution in [3.8, 4) is 22.8 Å². The van der Waals surface area contributed by atoms with Crippen molar-refractivity contribution in [3.63, 3.8) is 0 Å². The first-order chi connectivity index (χ1) is 12.5. The minimum Gasteiger partial charge on any atom is -0.493 e. The smallest absolute Gasteiger partial charge is 0.343 e. The van der Waals surface area contributed by atoms with E-state index in [1.807, 2.05) is 28.7 Å². The van der Waals surface area contributed by atoms with Gasteiger partial charge < -0.3 is 15.2 Å². The Hall–Kier alpha value is -2.95. The van der Waals surface area contributed by atoms with Gasteiger partial charge in [0, 0.05) is 5.56 Å². The molecule has 8 nitrogen and oxygen atoms in total. The normalized spacial score (nSPS) is 10.4. The van der Waals surface area contributed by atoms with Crippen molar-refractivity contribution >= 4 is 34.5 Å². The number of benzene rings is 2. The van der Waals surface area contributed by atoms with Gasteiger partial charge in [0.25, 0.3) is 5.91 Å². The topological polar surface area (TPSA) is 120 Å². The molecule has 9 heteroatoms.